The summed E-state index contributed by atoms with van der Waals surface area (Å²) in [6, 6.07) is 0.307. The molecule has 0 radical (unpaired) electrons. The van der Waals surface area contributed by atoms with Crippen molar-refractivity contribution >= 4 is 17.0 Å². The molecule has 3 rings (SSSR count). The normalized spacial score (nSPS) is 18.9. The average molecular weight is 333 g/mol. The van der Waals surface area contributed by atoms with Crippen LogP contribution in [0, 0.1) is 5.41 Å². The summed E-state index contributed by atoms with van der Waals surface area (Å²) in [6.07, 6.45) is 7.08. The Morgan fingerprint density at radius 3 is 2.92 bits per heavy atom. The van der Waals surface area contributed by atoms with Gasteiger partial charge in [-0.3, -0.25) is 4.57 Å². The van der Waals surface area contributed by atoms with E-state index in [1.807, 2.05) is 4.57 Å². The van der Waals surface area contributed by atoms with Crippen LogP contribution >= 0.6 is 0 Å². The lowest BCUT2D eigenvalue weighted by molar-refractivity contribution is -0.0298. The summed E-state index contributed by atoms with van der Waals surface area (Å²) in [7, 11) is 0. The maximum Gasteiger partial charge on any atom is 0.320 e. The van der Waals surface area contributed by atoms with Crippen molar-refractivity contribution in [3.63, 3.8) is 0 Å². The highest BCUT2D eigenvalue weighted by molar-refractivity contribution is 5.81. The number of nitrogen functional groups attached to an aromatic ring is 1. The highest BCUT2D eigenvalue weighted by Crippen LogP contribution is 2.29. The van der Waals surface area contributed by atoms with Crippen LogP contribution in [0.1, 0.15) is 59.1 Å². The minimum Gasteiger partial charge on any atom is -0.463 e. The van der Waals surface area contributed by atoms with E-state index in [1.165, 1.54) is 0 Å². The summed E-state index contributed by atoms with van der Waals surface area (Å²) in [4.78, 5) is 13.1. The van der Waals surface area contributed by atoms with E-state index in [9.17, 15) is 0 Å². The zero-order valence-corrected chi connectivity index (χ0v) is 14.8. The molecule has 132 valence electrons. The van der Waals surface area contributed by atoms with Crippen molar-refractivity contribution < 1.29 is 9.47 Å². The lowest BCUT2D eigenvalue weighted by Gasteiger charge is -2.24. The Morgan fingerprint density at radius 1 is 1.38 bits per heavy atom. The first-order valence-corrected chi connectivity index (χ1v) is 8.74. The van der Waals surface area contributed by atoms with E-state index in [0.29, 0.717) is 29.6 Å². The third-order valence-corrected chi connectivity index (χ3v) is 4.41. The van der Waals surface area contributed by atoms with Crippen molar-refractivity contribution in [2.75, 3.05) is 18.9 Å². The Hall–Kier alpha value is -1.89. The third-order valence-electron chi connectivity index (χ3n) is 4.41. The number of nitrogens with zero attached hydrogens (tertiary/aromatic N) is 4. The third kappa shape index (κ3) is 3.61. The second-order valence-corrected chi connectivity index (χ2v) is 7.24. The number of hydrogen-bond acceptors (Lipinski definition) is 6. The molecule has 7 heteroatoms. The second kappa shape index (κ2) is 6.93. The average Bonchev–Trinajstić information content (AvgIpc) is 2.98. The molecular formula is C17H27N5O2. The van der Waals surface area contributed by atoms with Crippen LogP contribution in [0.25, 0.3) is 11.2 Å². The number of fused-ring (bicyclic) bond motifs is 1. The molecule has 1 saturated heterocycles. The first-order chi connectivity index (χ1) is 11.5. The van der Waals surface area contributed by atoms with Crippen molar-refractivity contribution in [1.82, 2.24) is 19.5 Å². The fourth-order valence-electron chi connectivity index (χ4n) is 3.14. The molecule has 24 heavy (non-hydrogen) atoms. The molecule has 3 heterocycles. The summed E-state index contributed by atoms with van der Waals surface area (Å²) < 4.78 is 13.6. The van der Waals surface area contributed by atoms with Gasteiger partial charge >= 0.3 is 6.01 Å². The van der Waals surface area contributed by atoms with Gasteiger partial charge in [-0.2, -0.15) is 9.97 Å². The molecule has 1 aliphatic heterocycles. The van der Waals surface area contributed by atoms with E-state index in [-0.39, 0.29) is 11.6 Å². The highest BCUT2D eigenvalue weighted by atomic mass is 16.5. The molecule has 1 aliphatic rings. The quantitative estimate of drug-likeness (QED) is 0.872. The van der Waals surface area contributed by atoms with Crippen LogP contribution in [0.2, 0.25) is 0 Å². The van der Waals surface area contributed by atoms with E-state index >= 15 is 0 Å². The Balaban J connectivity index is 1.84. The van der Waals surface area contributed by atoms with Crippen LogP contribution in [-0.4, -0.2) is 32.7 Å². The van der Waals surface area contributed by atoms with E-state index in [0.717, 1.165) is 38.7 Å². The van der Waals surface area contributed by atoms with Crippen molar-refractivity contribution in [3.05, 3.63) is 6.33 Å². The molecule has 1 unspecified atom stereocenters. The monoisotopic (exact) mass is 333 g/mol. The maximum absolute atomic E-state index is 6.05. The van der Waals surface area contributed by atoms with Gasteiger partial charge in [-0.05, 0) is 31.1 Å². The van der Waals surface area contributed by atoms with Gasteiger partial charge in [0, 0.05) is 6.61 Å². The van der Waals surface area contributed by atoms with Gasteiger partial charge < -0.3 is 15.2 Å². The molecule has 1 atom stereocenters. The summed E-state index contributed by atoms with van der Waals surface area (Å²) in [5, 5.41) is 0. The molecule has 0 saturated carbocycles. The predicted octanol–water partition coefficient (Wildman–Crippen LogP) is 3.31. The van der Waals surface area contributed by atoms with Crippen molar-refractivity contribution in [2.24, 2.45) is 5.41 Å². The number of ether oxygens (including phenoxy) is 2. The zero-order valence-electron chi connectivity index (χ0n) is 14.8. The zero-order chi connectivity index (χ0) is 17.2. The van der Waals surface area contributed by atoms with E-state index in [1.54, 1.807) is 6.33 Å². The van der Waals surface area contributed by atoms with Crippen LogP contribution in [0.4, 0.5) is 5.82 Å². The van der Waals surface area contributed by atoms with Gasteiger partial charge in [-0.15, -0.1) is 0 Å². The number of hydrogen-bond donors (Lipinski definition) is 1. The van der Waals surface area contributed by atoms with Crippen LogP contribution in [0.15, 0.2) is 6.33 Å². The molecule has 0 amide bonds. The fraction of sp³-hybridized carbons (Fsp3) is 0.706. The van der Waals surface area contributed by atoms with Gasteiger partial charge in [0.05, 0.1) is 12.9 Å². The van der Waals surface area contributed by atoms with Crippen molar-refractivity contribution in [3.8, 4) is 6.01 Å². The second-order valence-electron chi connectivity index (χ2n) is 7.24. The number of rotatable bonds is 6. The number of anilines is 1. The number of imidazole rings is 1. The summed E-state index contributed by atoms with van der Waals surface area (Å²) >= 11 is 0. The molecule has 7 nitrogen and oxygen atoms in total. The van der Waals surface area contributed by atoms with Gasteiger partial charge in [0.2, 0.25) is 0 Å². The van der Waals surface area contributed by atoms with E-state index < -0.39 is 0 Å². The van der Waals surface area contributed by atoms with E-state index in [2.05, 4.69) is 35.7 Å². The molecule has 1 fully saturated rings. The van der Waals surface area contributed by atoms with Crippen LogP contribution in [0.3, 0.4) is 0 Å². The Kier molecular flexibility index (Phi) is 4.89. The summed E-state index contributed by atoms with van der Waals surface area (Å²) in [5.41, 5.74) is 7.41. The summed E-state index contributed by atoms with van der Waals surface area (Å²) in [6.45, 7) is 7.85. The number of aromatic nitrogens is 4. The minimum atomic E-state index is -0.0394. The van der Waals surface area contributed by atoms with Gasteiger partial charge in [0.25, 0.3) is 0 Å². The first kappa shape index (κ1) is 17.0. The van der Waals surface area contributed by atoms with Gasteiger partial charge in [-0.1, -0.05) is 27.2 Å². The van der Waals surface area contributed by atoms with Gasteiger partial charge in [0.1, 0.15) is 6.23 Å². The molecule has 0 bridgehead atoms. The number of nitrogens with two attached hydrogens (primary N) is 1. The SMILES string of the molecule is CCCC(C)(C)COc1nc(N)c2ncn(C3CCCCO3)c2n1. The Bertz CT molecular complexity index is 692. The molecule has 2 aromatic heterocycles. The largest absolute Gasteiger partial charge is 0.463 e. The van der Waals surface area contributed by atoms with Crippen LogP contribution < -0.4 is 10.5 Å². The molecule has 0 aliphatic carbocycles. The van der Waals surface area contributed by atoms with Crippen LogP contribution in [-0.2, 0) is 4.74 Å². The Labute approximate surface area is 142 Å². The van der Waals surface area contributed by atoms with Crippen molar-refractivity contribution in [2.45, 2.75) is 59.1 Å². The summed E-state index contributed by atoms with van der Waals surface area (Å²) in [5.74, 6) is 0.345. The standard InChI is InChI=1S/C17H27N5O2/c1-4-8-17(2,3)10-24-16-20-14(18)13-15(21-16)22(11-19-13)12-7-5-6-9-23-12/h11-12H,4-10H2,1-3H3,(H2,18,20,21). The molecule has 0 aromatic carbocycles. The molecular weight excluding hydrogens is 306 g/mol. The lowest BCUT2D eigenvalue weighted by atomic mass is 9.89. The highest BCUT2D eigenvalue weighted by Gasteiger charge is 2.22. The smallest absolute Gasteiger partial charge is 0.320 e. The molecule has 2 N–H and O–H groups in total. The molecule has 0 spiro atoms. The first-order valence-electron chi connectivity index (χ1n) is 8.74. The maximum atomic E-state index is 6.05. The van der Waals surface area contributed by atoms with Crippen LogP contribution in [0.5, 0.6) is 6.01 Å². The molecule has 2 aromatic rings. The lowest BCUT2D eigenvalue weighted by Crippen LogP contribution is -2.22. The minimum absolute atomic E-state index is 0.0394. The Morgan fingerprint density at radius 2 is 2.21 bits per heavy atom. The predicted molar refractivity (Wildman–Crippen MR) is 92.8 cm³/mol. The van der Waals surface area contributed by atoms with E-state index in [4.69, 9.17) is 15.2 Å². The topological polar surface area (TPSA) is 88.1 Å². The van der Waals surface area contributed by atoms with Gasteiger partial charge in [-0.25, -0.2) is 4.98 Å². The van der Waals surface area contributed by atoms with Gasteiger partial charge in [0.15, 0.2) is 17.0 Å². The van der Waals surface area contributed by atoms with Crippen molar-refractivity contribution in [1.29, 1.82) is 0 Å². The fourth-order valence-corrected chi connectivity index (χ4v) is 3.14.